The zero-order chi connectivity index (χ0) is 23.2. The van der Waals surface area contributed by atoms with Crippen LogP contribution in [0.4, 0.5) is 20.5 Å². The summed E-state index contributed by atoms with van der Waals surface area (Å²) in [6.07, 6.45) is 6.84. The number of benzene rings is 1. The van der Waals surface area contributed by atoms with E-state index in [2.05, 4.69) is 26.3 Å². The van der Waals surface area contributed by atoms with Gasteiger partial charge in [0.25, 0.3) is 0 Å². The maximum atomic E-state index is 14.0. The molecule has 1 saturated carbocycles. The second kappa shape index (κ2) is 8.60. The van der Waals surface area contributed by atoms with Crippen LogP contribution in [-0.4, -0.2) is 43.9 Å². The minimum Gasteiger partial charge on any atom is -0.356 e. The summed E-state index contributed by atoms with van der Waals surface area (Å²) in [6.45, 7) is 4.70. The molecule has 2 aromatic heterocycles. The molecule has 0 radical (unpaired) electrons. The topological polar surface area (TPSA) is 71.8 Å². The maximum Gasteiger partial charge on any atom is 0.242 e. The van der Waals surface area contributed by atoms with Crippen LogP contribution in [0.2, 0.25) is 0 Å². The van der Waals surface area contributed by atoms with Gasteiger partial charge in [-0.05, 0) is 62.1 Å². The molecule has 1 aliphatic carbocycles. The number of aromatic nitrogens is 5. The van der Waals surface area contributed by atoms with Gasteiger partial charge in [-0.2, -0.15) is 4.98 Å². The molecule has 9 heteroatoms. The van der Waals surface area contributed by atoms with Gasteiger partial charge in [-0.15, -0.1) is 5.10 Å². The largest absolute Gasteiger partial charge is 0.356 e. The molecule has 3 unspecified atom stereocenters. The van der Waals surface area contributed by atoms with Gasteiger partial charge < -0.3 is 10.2 Å². The van der Waals surface area contributed by atoms with Crippen LogP contribution in [-0.2, 0) is 6.54 Å². The van der Waals surface area contributed by atoms with Gasteiger partial charge in [-0.25, -0.2) is 23.4 Å². The van der Waals surface area contributed by atoms with Gasteiger partial charge in [-0.1, -0.05) is 12.5 Å². The van der Waals surface area contributed by atoms with Crippen LogP contribution >= 0.6 is 0 Å². The van der Waals surface area contributed by atoms with E-state index in [0.717, 1.165) is 61.8 Å². The number of halogens is 2. The second-order valence-electron chi connectivity index (χ2n) is 9.93. The van der Waals surface area contributed by atoms with Crippen LogP contribution in [0.25, 0.3) is 0 Å². The Hall–Kier alpha value is -3.10. The number of hydrogen-bond acceptors (Lipinski definition) is 6. The van der Waals surface area contributed by atoms with Crippen molar-refractivity contribution in [3.8, 4) is 0 Å². The monoisotopic (exact) mass is 465 g/mol. The molecule has 7 nitrogen and oxygen atoms in total. The first-order chi connectivity index (χ1) is 16.5. The van der Waals surface area contributed by atoms with Crippen LogP contribution < -0.4 is 10.2 Å². The molecule has 4 atom stereocenters. The highest BCUT2D eigenvalue weighted by Crippen LogP contribution is 2.40. The van der Waals surface area contributed by atoms with E-state index in [9.17, 15) is 8.78 Å². The Kier molecular flexibility index (Phi) is 5.42. The molecule has 6 rings (SSSR count). The average molecular weight is 466 g/mol. The van der Waals surface area contributed by atoms with Crippen molar-refractivity contribution in [2.45, 2.75) is 57.5 Å². The number of nitrogens with zero attached hydrogens (tertiary/aromatic N) is 6. The highest BCUT2D eigenvalue weighted by atomic mass is 19.2. The number of rotatable bonds is 4. The molecule has 4 heterocycles. The first kappa shape index (κ1) is 21.4. The summed E-state index contributed by atoms with van der Waals surface area (Å²) < 4.78 is 29.4. The van der Waals surface area contributed by atoms with E-state index in [1.54, 1.807) is 12.4 Å². The lowest BCUT2D eigenvalue weighted by atomic mass is 9.92. The fraction of sp³-hybridized carbons (Fsp3) is 0.520. The lowest BCUT2D eigenvalue weighted by molar-refractivity contribution is 0.374. The van der Waals surface area contributed by atoms with Crippen molar-refractivity contribution in [1.29, 1.82) is 0 Å². The molecule has 34 heavy (non-hydrogen) atoms. The molecule has 2 bridgehead atoms. The van der Waals surface area contributed by atoms with Gasteiger partial charge in [-0.3, -0.25) is 0 Å². The summed E-state index contributed by atoms with van der Waals surface area (Å²) >= 11 is 0. The van der Waals surface area contributed by atoms with Crippen LogP contribution in [0.1, 0.15) is 55.1 Å². The lowest BCUT2D eigenvalue weighted by Crippen LogP contribution is -2.48. The average Bonchev–Trinajstić information content (AvgIpc) is 3.23. The fourth-order valence-corrected chi connectivity index (χ4v) is 6.03. The van der Waals surface area contributed by atoms with Gasteiger partial charge >= 0.3 is 0 Å². The first-order valence-electron chi connectivity index (χ1n) is 12.2. The molecule has 2 aliphatic heterocycles. The van der Waals surface area contributed by atoms with E-state index in [4.69, 9.17) is 10.1 Å². The normalized spacial score (nSPS) is 26.3. The molecular weight excluding hydrogens is 436 g/mol. The van der Waals surface area contributed by atoms with Gasteiger partial charge in [0.1, 0.15) is 18.0 Å². The van der Waals surface area contributed by atoms with Crippen molar-refractivity contribution < 1.29 is 8.78 Å². The van der Waals surface area contributed by atoms with E-state index in [-0.39, 0.29) is 5.92 Å². The SMILES string of the molecule is Cc1cc(N2CC3CC[C@@H](C2)C3Nc2nc3n(n2)CCCCC3c2ccc(F)c(F)c2)ncn1. The molecule has 1 saturated heterocycles. The molecule has 2 fully saturated rings. The van der Waals surface area contributed by atoms with Gasteiger partial charge in [0.2, 0.25) is 5.95 Å². The molecule has 1 aromatic carbocycles. The second-order valence-corrected chi connectivity index (χ2v) is 9.93. The Bertz CT molecular complexity index is 1180. The van der Waals surface area contributed by atoms with Crippen LogP contribution in [0.3, 0.4) is 0 Å². The van der Waals surface area contributed by atoms with E-state index < -0.39 is 11.6 Å². The molecule has 0 amide bonds. The summed E-state index contributed by atoms with van der Waals surface area (Å²) in [7, 11) is 0. The van der Waals surface area contributed by atoms with Crippen molar-refractivity contribution in [1.82, 2.24) is 24.7 Å². The molecule has 178 valence electrons. The minimum absolute atomic E-state index is 0.0831. The predicted octanol–water partition coefficient (Wildman–Crippen LogP) is 4.30. The zero-order valence-corrected chi connectivity index (χ0v) is 19.3. The Labute approximate surface area is 197 Å². The predicted molar refractivity (Wildman–Crippen MR) is 125 cm³/mol. The number of anilines is 2. The third kappa shape index (κ3) is 3.91. The maximum absolute atomic E-state index is 14.0. The Morgan fingerprint density at radius 1 is 0.971 bits per heavy atom. The Morgan fingerprint density at radius 2 is 1.79 bits per heavy atom. The number of aryl methyl sites for hydroxylation is 2. The highest BCUT2D eigenvalue weighted by Gasteiger charge is 2.43. The van der Waals surface area contributed by atoms with Gasteiger partial charge in [0.15, 0.2) is 11.6 Å². The van der Waals surface area contributed by atoms with Crippen molar-refractivity contribution in [2.24, 2.45) is 11.8 Å². The molecule has 3 aliphatic rings. The highest BCUT2D eigenvalue weighted by molar-refractivity contribution is 5.42. The summed E-state index contributed by atoms with van der Waals surface area (Å²) in [5.41, 5.74) is 1.74. The van der Waals surface area contributed by atoms with Crippen molar-refractivity contribution in [2.75, 3.05) is 23.3 Å². The van der Waals surface area contributed by atoms with Crippen molar-refractivity contribution in [3.63, 3.8) is 0 Å². The molecular formula is C25H29F2N7. The molecule has 0 spiro atoms. The van der Waals surface area contributed by atoms with Gasteiger partial charge in [0.05, 0.1) is 0 Å². The summed E-state index contributed by atoms with van der Waals surface area (Å²) in [5, 5.41) is 8.46. The molecule has 3 aromatic rings. The summed E-state index contributed by atoms with van der Waals surface area (Å²) in [5.74, 6) is 1.78. The number of hydrogen-bond donors (Lipinski definition) is 1. The third-order valence-electron chi connectivity index (χ3n) is 7.71. The van der Waals surface area contributed by atoms with Crippen LogP contribution in [0.5, 0.6) is 0 Å². The van der Waals surface area contributed by atoms with Crippen molar-refractivity contribution in [3.05, 3.63) is 59.3 Å². The Morgan fingerprint density at radius 3 is 2.56 bits per heavy atom. The third-order valence-corrected chi connectivity index (χ3v) is 7.71. The summed E-state index contributed by atoms with van der Waals surface area (Å²) in [4.78, 5) is 16.0. The van der Waals surface area contributed by atoms with E-state index in [0.29, 0.717) is 23.8 Å². The Balaban J connectivity index is 1.22. The van der Waals surface area contributed by atoms with E-state index in [1.807, 2.05) is 11.6 Å². The fourth-order valence-electron chi connectivity index (χ4n) is 6.03. The summed E-state index contributed by atoms with van der Waals surface area (Å²) in [6, 6.07) is 6.57. The minimum atomic E-state index is -0.819. The number of fused-ring (bicyclic) bond motifs is 3. The lowest BCUT2D eigenvalue weighted by Gasteiger charge is -2.38. The number of nitrogens with one attached hydrogen (secondary N) is 1. The smallest absolute Gasteiger partial charge is 0.242 e. The standard InChI is InChI=1S/C25H29F2N7/c1-15-10-22(29-14-28-15)33-12-17-5-6-18(13-33)23(17)30-25-31-24-19(4-2-3-9-34(24)32-25)16-7-8-20(26)21(27)11-16/h7-8,10-11,14,17-19,23H,2-6,9,12-13H2,1H3,(H,30,32)/t17-,18?,19?,23?/m0/s1. The van der Waals surface area contributed by atoms with Crippen molar-refractivity contribution >= 4 is 11.8 Å². The van der Waals surface area contributed by atoms with E-state index in [1.165, 1.54) is 25.0 Å². The van der Waals surface area contributed by atoms with Crippen LogP contribution in [0, 0.1) is 30.4 Å². The zero-order valence-electron chi connectivity index (χ0n) is 19.3. The first-order valence-corrected chi connectivity index (χ1v) is 12.2. The van der Waals surface area contributed by atoms with Crippen LogP contribution in [0.15, 0.2) is 30.6 Å². The van der Waals surface area contributed by atoms with Gasteiger partial charge in [0, 0.05) is 43.4 Å². The van der Waals surface area contributed by atoms with E-state index >= 15 is 0 Å². The molecule has 1 N–H and O–H groups in total. The quantitative estimate of drug-likeness (QED) is 0.620. The number of piperidine rings is 1.